The molecule has 1 aromatic carbocycles. The van der Waals surface area contributed by atoms with Crippen LogP contribution in [0.1, 0.15) is 16.8 Å². The zero-order valence-corrected chi connectivity index (χ0v) is 13.1. The highest BCUT2D eigenvalue weighted by Crippen LogP contribution is 2.15. The zero-order chi connectivity index (χ0) is 17.4. The Hall–Kier alpha value is -2.71. The molecule has 126 valence electrons. The second-order valence-electron chi connectivity index (χ2n) is 5.72. The third kappa shape index (κ3) is 2.66. The van der Waals surface area contributed by atoms with Crippen LogP contribution in [0.4, 0.5) is 0 Å². The van der Waals surface area contributed by atoms with Gasteiger partial charge in [-0.05, 0) is 24.1 Å². The maximum atomic E-state index is 12.6. The highest BCUT2D eigenvalue weighted by atomic mass is 16.5. The largest absolute Gasteiger partial charge is 0.480 e. The lowest BCUT2D eigenvalue weighted by Crippen LogP contribution is -2.40. The molecular weight excluding hydrogens is 314 g/mol. The first-order valence-electron chi connectivity index (χ1n) is 7.39. The van der Waals surface area contributed by atoms with E-state index in [1.807, 2.05) is 0 Å². The molecule has 0 saturated heterocycles. The summed E-state index contributed by atoms with van der Waals surface area (Å²) in [6.07, 6.45) is 0.167. The molecule has 0 fully saturated rings. The van der Waals surface area contributed by atoms with E-state index in [4.69, 9.17) is 15.6 Å². The molecule has 8 heteroatoms. The van der Waals surface area contributed by atoms with Gasteiger partial charge in [-0.2, -0.15) is 0 Å². The third-order valence-electron chi connectivity index (χ3n) is 4.15. The molecule has 8 nitrogen and oxygen atoms in total. The van der Waals surface area contributed by atoms with E-state index in [9.17, 15) is 14.4 Å². The Bertz CT molecular complexity index is 911. The van der Waals surface area contributed by atoms with Crippen molar-refractivity contribution in [1.29, 1.82) is 0 Å². The minimum atomic E-state index is -1.08. The number of carbonyl (C=O) groups is 1. The smallest absolute Gasteiger partial charge is 0.335 e. The Morgan fingerprint density at radius 3 is 2.58 bits per heavy atom. The van der Waals surface area contributed by atoms with Gasteiger partial charge in [-0.3, -0.25) is 14.2 Å². The summed E-state index contributed by atoms with van der Waals surface area (Å²) in [5.41, 5.74) is 6.89. The number of aliphatic carboxylic acids is 1. The molecule has 3 rings (SSSR count). The predicted molar refractivity (Wildman–Crippen MR) is 85.1 cm³/mol. The Morgan fingerprint density at radius 1 is 1.29 bits per heavy atom. The van der Waals surface area contributed by atoms with Gasteiger partial charge < -0.3 is 15.6 Å². The van der Waals surface area contributed by atoms with Crippen LogP contribution in [0.2, 0.25) is 0 Å². The van der Waals surface area contributed by atoms with E-state index in [0.29, 0.717) is 22.5 Å². The maximum absolute atomic E-state index is 12.6. The van der Waals surface area contributed by atoms with Crippen molar-refractivity contribution in [2.45, 2.75) is 25.7 Å². The number of aromatic nitrogens is 2. The lowest BCUT2D eigenvalue weighted by Gasteiger charge is -2.12. The summed E-state index contributed by atoms with van der Waals surface area (Å²) < 4.78 is 7.77. The number of nitrogens with zero attached hydrogens (tertiary/aromatic N) is 2. The van der Waals surface area contributed by atoms with Gasteiger partial charge in [0, 0.05) is 7.05 Å². The molecule has 1 unspecified atom stereocenters. The van der Waals surface area contributed by atoms with Crippen LogP contribution in [-0.4, -0.2) is 26.3 Å². The zero-order valence-electron chi connectivity index (χ0n) is 13.1. The second kappa shape index (κ2) is 6.06. The van der Waals surface area contributed by atoms with Gasteiger partial charge in [-0.15, -0.1) is 0 Å². The quantitative estimate of drug-likeness (QED) is 0.782. The van der Waals surface area contributed by atoms with E-state index in [1.165, 1.54) is 4.57 Å². The number of benzene rings is 1. The monoisotopic (exact) mass is 331 g/mol. The Balaban J connectivity index is 2.02. The van der Waals surface area contributed by atoms with Gasteiger partial charge in [0.15, 0.2) is 0 Å². The van der Waals surface area contributed by atoms with Crippen LogP contribution in [0.5, 0.6) is 0 Å². The summed E-state index contributed by atoms with van der Waals surface area (Å²) >= 11 is 0. The third-order valence-corrected chi connectivity index (χ3v) is 4.15. The second-order valence-corrected chi connectivity index (χ2v) is 5.72. The molecule has 1 atom stereocenters. The number of rotatable bonds is 4. The SMILES string of the molecule is Cn1c2c(c(=O)n(-c3ccc(CC(N)C(=O)O)cc3)c1=O)COC2. The molecular formula is C16H17N3O5. The van der Waals surface area contributed by atoms with E-state index >= 15 is 0 Å². The average molecular weight is 331 g/mol. The van der Waals surface area contributed by atoms with Crippen LogP contribution in [0.15, 0.2) is 33.9 Å². The minimum Gasteiger partial charge on any atom is -0.480 e. The van der Waals surface area contributed by atoms with Crippen molar-refractivity contribution >= 4 is 5.97 Å². The van der Waals surface area contributed by atoms with Crippen molar-refractivity contribution < 1.29 is 14.6 Å². The summed E-state index contributed by atoms with van der Waals surface area (Å²) in [4.78, 5) is 35.8. The molecule has 1 aliphatic rings. The van der Waals surface area contributed by atoms with Crippen molar-refractivity contribution in [3.8, 4) is 5.69 Å². The van der Waals surface area contributed by atoms with Gasteiger partial charge in [-0.1, -0.05) is 12.1 Å². The van der Waals surface area contributed by atoms with Crippen molar-refractivity contribution in [2.75, 3.05) is 0 Å². The first-order chi connectivity index (χ1) is 11.4. The van der Waals surface area contributed by atoms with Gasteiger partial charge in [0.2, 0.25) is 0 Å². The molecule has 0 bridgehead atoms. The standard InChI is InChI=1S/C16H17N3O5/c1-18-13-8-24-7-11(13)14(20)19(16(18)23)10-4-2-9(3-5-10)6-12(17)15(21)22/h2-5,12H,6-8,17H2,1H3,(H,21,22). The van der Waals surface area contributed by atoms with Crippen molar-refractivity contribution in [2.24, 2.45) is 12.8 Å². The first-order valence-corrected chi connectivity index (χ1v) is 7.39. The van der Waals surface area contributed by atoms with Crippen molar-refractivity contribution in [1.82, 2.24) is 9.13 Å². The van der Waals surface area contributed by atoms with Gasteiger partial charge in [-0.25, -0.2) is 9.36 Å². The lowest BCUT2D eigenvalue weighted by atomic mass is 10.1. The van der Waals surface area contributed by atoms with Crippen LogP contribution < -0.4 is 17.0 Å². The predicted octanol–water partition coefficient (Wildman–Crippen LogP) is -0.479. The van der Waals surface area contributed by atoms with Gasteiger partial charge in [0.05, 0.1) is 30.2 Å². The summed E-state index contributed by atoms with van der Waals surface area (Å²) in [7, 11) is 1.60. The Kier molecular flexibility index (Phi) is 4.08. The highest BCUT2D eigenvalue weighted by Gasteiger charge is 2.22. The number of carboxylic acids is 1. The fourth-order valence-electron chi connectivity index (χ4n) is 2.74. The van der Waals surface area contributed by atoms with Crippen molar-refractivity contribution in [3.05, 3.63) is 61.9 Å². The van der Waals surface area contributed by atoms with E-state index < -0.39 is 17.7 Å². The fourth-order valence-corrected chi connectivity index (χ4v) is 2.74. The average Bonchev–Trinajstić information content (AvgIpc) is 3.04. The Labute approximate surface area is 136 Å². The van der Waals surface area contributed by atoms with Crippen LogP contribution in [0.25, 0.3) is 5.69 Å². The van der Waals surface area contributed by atoms with Gasteiger partial charge in [0.1, 0.15) is 6.04 Å². The van der Waals surface area contributed by atoms with E-state index in [2.05, 4.69) is 0 Å². The first kappa shape index (κ1) is 16.2. The van der Waals surface area contributed by atoms with Crippen molar-refractivity contribution in [3.63, 3.8) is 0 Å². The summed E-state index contributed by atoms with van der Waals surface area (Å²) in [5, 5.41) is 8.84. The highest BCUT2D eigenvalue weighted by molar-refractivity contribution is 5.73. The molecule has 2 aromatic rings. The molecule has 0 amide bonds. The van der Waals surface area contributed by atoms with Crippen LogP contribution >= 0.6 is 0 Å². The minimum absolute atomic E-state index is 0.167. The van der Waals surface area contributed by atoms with E-state index in [-0.39, 0.29) is 25.2 Å². The number of hydrogen-bond acceptors (Lipinski definition) is 5. The maximum Gasteiger partial charge on any atom is 0.335 e. The fraction of sp³-hybridized carbons (Fsp3) is 0.312. The molecule has 0 radical (unpaired) electrons. The summed E-state index contributed by atoms with van der Waals surface area (Å²) in [5.74, 6) is -1.08. The molecule has 0 spiro atoms. The molecule has 2 heterocycles. The summed E-state index contributed by atoms with van der Waals surface area (Å²) in [6.45, 7) is 0.441. The molecule has 3 N–H and O–H groups in total. The lowest BCUT2D eigenvalue weighted by molar-refractivity contribution is -0.138. The molecule has 1 aromatic heterocycles. The molecule has 0 aliphatic carbocycles. The topological polar surface area (TPSA) is 117 Å². The van der Waals surface area contributed by atoms with Crippen LogP contribution in [-0.2, 0) is 36.2 Å². The van der Waals surface area contributed by atoms with Gasteiger partial charge >= 0.3 is 11.7 Å². The van der Waals surface area contributed by atoms with Gasteiger partial charge in [0.25, 0.3) is 5.56 Å². The molecule has 24 heavy (non-hydrogen) atoms. The Morgan fingerprint density at radius 2 is 1.96 bits per heavy atom. The molecule has 1 aliphatic heterocycles. The number of ether oxygens (including phenoxy) is 1. The summed E-state index contributed by atoms with van der Waals surface area (Å²) in [6, 6.07) is 5.54. The van der Waals surface area contributed by atoms with Crippen LogP contribution in [0.3, 0.4) is 0 Å². The number of nitrogens with two attached hydrogens (primary N) is 1. The number of carboxylic acid groups (broad SMARTS) is 1. The molecule has 0 saturated carbocycles. The number of fused-ring (bicyclic) bond motifs is 1. The normalized spacial score (nSPS) is 14.4. The number of hydrogen-bond donors (Lipinski definition) is 2. The van der Waals surface area contributed by atoms with E-state index in [1.54, 1.807) is 31.3 Å². The van der Waals surface area contributed by atoms with E-state index in [0.717, 1.165) is 4.57 Å². The van der Waals surface area contributed by atoms with Crippen LogP contribution in [0, 0.1) is 0 Å².